The molecule has 5 amide bonds. The van der Waals surface area contributed by atoms with E-state index in [1.807, 2.05) is 11.2 Å². The van der Waals surface area contributed by atoms with Gasteiger partial charge < -0.3 is 55.3 Å². The number of carboxylic acid groups (broad SMARTS) is 2. The molecule has 399 valence electrons. The number of nitrogens with zero attached hydrogens (tertiary/aromatic N) is 6. The monoisotopic (exact) mass is 1270 g/mol. The van der Waals surface area contributed by atoms with Gasteiger partial charge in [0.25, 0.3) is 5.91 Å². The van der Waals surface area contributed by atoms with E-state index in [0.29, 0.717) is 76.2 Å². The minimum Gasteiger partial charge on any atom is -0.541 e. The molecule has 4 rings (SSSR count). The maximum Gasteiger partial charge on any atom is 0.488 e. The molecule has 73 heavy (non-hydrogen) atoms. The molecule has 3 heterocycles. The Bertz CT molecular complexity index is 2290. The number of nitrogens with one attached hydrogen (secondary N) is 4. The summed E-state index contributed by atoms with van der Waals surface area (Å²) in [4.78, 5) is 114. The van der Waals surface area contributed by atoms with Crippen molar-refractivity contribution in [2.45, 2.75) is 76.4 Å². The van der Waals surface area contributed by atoms with E-state index in [-0.39, 0.29) is 132 Å². The predicted molar refractivity (Wildman–Crippen MR) is 257 cm³/mol. The van der Waals surface area contributed by atoms with Crippen LogP contribution in [-0.4, -0.2) is 218 Å². The molecule has 1 aromatic carbocycles. The first-order valence-electron chi connectivity index (χ1n) is 23.6. The standard InChI is InChI=1S/C45H64BFN10O14S.U/c1-32(45(67)57-15-5-9-38(57)46-68)51-43(65)34-12-14-48-35(27-34)28-50-44(66)37(52-39(59)11-10-33-6-4-7-36(26-33)71-72(47,69)70)8-2-3-13-49-40(60)29-54-18-16-53(24-25-58)17-19-55(30-41(61)62)22-23-56(21-20-54)31-42(63)64;/h4,6-7,12,14,26-27,32,37-38,68H,2-3,5,8-11,13,15-24,28-31H2,1H3,(H,49,60)(H,50,66)(H,51,65)(H,52,59)(H,61,62)(H,63,64);/q-1;/t32?,37?,38-;/m0./s1. The zero-order chi connectivity index (χ0) is 52.6. The van der Waals surface area contributed by atoms with Crippen LogP contribution in [0.3, 0.4) is 0 Å². The van der Waals surface area contributed by atoms with Crippen molar-refractivity contribution in [2.75, 3.05) is 91.6 Å². The van der Waals surface area contributed by atoms with E-state index in [0.717, 1.165) is 7.48 Å². The average molecular weight is 1270 g/mol. The molecule has 2 fully saturated rings. The normalized spacial score (nSPS) is 17.3. The summed E-state index contributed by atoms with van der Waals surface area (Å²) in [6, 6.07) is 6.39. The van der Waals surface area contributed by atoms with E-state index >= 15 is 0 Å². The first-order chi connectivity index (χ1) is 34.3. The number of amides is 5. The van der Waals surface area contributed by atoms with Crippen molar-refractivity contribution >= 4 is 65.7 Å². The second kappa shape index (κ2) is 32.3. The van der Waals surface area contributed by atoms with Gasteiger partial charge in [-0.25, -0.2) is 6.29 Å². The number of halogens is 1. The van der Waals surface area contributed by atoms with Crippen LogP contribution in [0.25, 0.3) is 0 Å². The van der Waals surface area contributed by atoms with E-state index in [1.54, 1.807) is 20.8 Å². The topological polar surface area (TPSA) is 318 Å². The van der Waals surface area contributed by atoms with Crippen molar-refractivity contribution in [1.29, 1.82) is 0 Å². The van der Waals surface area contributed by atoms with Gasteiger partial charge >= 0.3 is 29.9 Å². The number of aryl methyl sites for hydroxylation is 1. The molecule has 1 aromatic heterocycles. The fourth-order valence-corrected chi connectivity index (χ4v) is 8.47. The van der Waals surface area contributed by atoms with Gasteiger partial charge in [0.2, 0.25) is 23.6 Å². The number of pyridine rings is 1. The van der Waals surface area contributed by atoms with Crippen molar-refractivity contribution in [3.05, 3.63) is 59.4 Å². The van der Waals surface area contributed by atoms with Gasteiger partial charge in [-0.15, -0.1) is 0 Å². The number of unbranched alkanes of at least 4 members (excludes halogenated alkanes) is 1. The third-order valence-electron chi connectivity index (χ3n) is 11.9. The molecule has 0 saturated carbocycles. The molecule has 28 heteroatoms. The zero-order valence-electron chi connectivity index (χ0n) is 40.7. The number of hydrogen-bond donors (Lipinski definition) is 7. The third kappa shape index (κ3) is 23.8. The summed E-state index contributed by atoms with van der Waals surface area (Å²) >= 11 is 0. The fourth-order valence-electron chi connectivity index (χ4n) is 8.13. The van der Waals surface area contributed by atoms with Crippen molar-refractivity contribution in [3.63, 3.8) is 0 Å². The SMILES string of the molecule is CC(NC(=O)c1ccnc(CNC(=O)C(CCCCNC(=O)CN2CCN(C[C-]=O)CCN(CC(=O)O)CCN(CC(=O)O)CC2)NC(=O)CCc2cccc(OS(=O)(=O)F)c2)c1)C(=O)N1CCC[C@H]1[B]O.[U]. The predicted octanol–water partition coefficient (Wildman–Crippen LogP) is -2.13. The third-order valence-corrected chi connectivity index (χ3v) is 12.3. The molecular weight excluding hydrogens is 1200 g/mol. The molecule has 2 aliphatic heterocycles. The van der Waals surface area contributed by atoms with Crippen LogP contribution in [0.4, 0.5) is 3.89 Å². The molecule has 1 radical (unpaired) electrons. The van der Waals surface area contributed by atoms with Crippen molar-refractivity contribution in [1.82, 2.24) is 50.8 Å². The van der Waals surface area contributed by atoms with Crippen LogP contribution < -0.4 is 25.5 Å². The van der Waals surface area contributed by atoms with Crippen LogP contribution in [-0.2, 0) is 57.0 Å². The Morgan fingerprint density at radius 1 is 0.849 bits per heavy atom. The number of aliphatic carboxylic acids is 2. The second-order valence-electron chi connectivity index (χ2n) is 17.5. The van der Waals surface area contributed by atoms with Crippen molar-refractivity contribution in [3.8, 4) is 5.75 Å². The molecule has 0 aliphatic carbocycles. The first kappa shape index (κ1) is 62.2. The largest absolute Gasteiger partial charge is 0.541 e. The van der Waals surface area contributed by atoms with Gasteiger partial charge in [0.15, 0.2) is 0 Å². The zero-order valence-corrected chi connectivity index (χ0v) is 45.7. The van der Waals surface area contributed by atoms with Gasteiger partial charge in [0.05, 0.1) is 31.9 Å². The number of aromatic nitrogens is 1. The van der Waals surface area contributed by atoms with E-state index in [4.69, 9.17) is 0 Å². The summed E-state index contributed by atoms with van der Waals surface area (Å²) < 4.78 is 39.4. The van der Waals surface area contributed by atoms with E-state index < -0.39 is 58.2 Å². The Morgan fingerprint density at radius 2 is 1.48 bits per heavy atom. The number of rotatable bonds is 26. The number of likely N-dealkylation sites (tertiary alicyclic amines) is 1. The van der Waals surface area contributed by atoms with E-state index in [2.05, 4.69) is 30.4 Å². The minimum absolute atomic E-state index is 0. The summed E-state index contributed by atoms with van der Waals surface area (Å²) in [6.07, 6.45) is 5.34. The number of benzene rings is 1. The molecule has 2 aromatic rings. The summed E-state index contributed by atoms with van der Waals surface area (Å²) in [6.45, 7) is 3.85. The molecule has 0 bridgehead atoms. The van der Waals surface area contributed by atoms with Crippen molar-refractivity contribution < 1.29 is 101 Å². The quantitative estimate of drug-likeness (QED) is 0.0229. The van der Waals surface area contributed by atoms with Crippen LogP contribution in [0.1, 0.15) is 67.1 Å². The Morgan fingerprint density at radius 3 is 2.08 bits per heavy atom. The smallest absolute Gasteiger partial charge is 0.488 e. The Kier molecular flexibility index (Phi) is 27.5. The maximum absolute atomic E-state index is 13.7. The van der Waals surface area contributed by atoms with Gasteiger partial charge in [-0.1, -0.05) is 22.6 Å². The molecule has 2 unspecified atom stereocenters. The van der Waals surface area contributed by atoms with E-state index in [1.165, 1.54) is 48.4 Å². The summed E-state index contributed by atoms with van der Waals surface area (Å²) in [5.41, 5.74) is 0.907. The number of carbonyl (C=O) groups is 7. The Labute approximate surface area is 448 Å². The summed E-state index contributed by atoms with van der Waals surface area (Å²) in [7, 11) is -4.32. The fraction of sp³-hybridized carbons (Fsp3) is 0.578. The molecular formula is C45H64BFN10O14SU-. The molecule has 2 aliphatic rings. The Balaban J connectivity index is 0.0000141. The van der Waals surface area contributed by atoms with Crippen LogP contribution >= 0.6 is 0 Å². The van der Waals surface area contributed by atoms with Crippen LogP contribution in [0, 0.1) is 31.1 Å². The summed E-state index contributed by atoms with van der Waals surface area (Å²) in [5, 5.41) is 39.4. The number of carboxylic acids is 2. The van der Waals surface area contributed by atoms with Gasteiger partial charge in [0, 0.05) is 121 Å². The van der Waals surface area contributed by atoms with Crippen LogP contribution in [0.2, 0.25) is 0 Å². The number of hydrogen-bond acceptors (Lipinski definition) is 17. The molecule has 7 N–H and O–H groups in total. The van der Waals surface area contributed by atoms with Crippen molar-refractivity contribution in [2.24, 2.45) is 0 Å². The van der Waals surface area contributed by atoms with Crippen LogP contribution in [0.5, 0.6) is 5.75 Å². The second-order valence-corrected chi connectivity index (χ2v) is 18.4. The van der Waals surface area contributed by atoms with Gasteiger partial charge in [0.1, 0.15) is 17.8 Å². The van der Waals surface area contributed by atoms with Gasteiger partial charge in [-0.2, -0.15) is 8.42 Å². The summed E-state index contributed by atoms with van der Waals surface area (Å²) in [5.74, 6) is -5.20. The van der Waals surface area contributed by atoms with Gasteiger partial charge in [-0.3, -0.25) is 53.2 Å². The molecule has 0 spiro atoms. The molecule has 24 nitrogen and oxygen atoms in total. The molecule has 2 saturated heterocycles. The average Bonchev–Trinajstić information content (AvgIpc) is 3.81. The van der Waals surface area contributed by atoms with Crippen LogP contribution in [0.15, 0.2) is 42.6 Å². The van der Waals surface area contributed by atoms with Gasteiger partial charge in [-0.05, 0) is 75.3 Å². The van der Waals surface area contributed by atoms with E-state index in [9.17, 15) is 65.9 Å². The maximum atomic E-state index is 13.7. The minimum atomic E-state index is -5.28. The molecule has 3 atom stereocenters. The first-order valence-corrected chi connectivity index (χ1v) is 24.9. The Hall–Kier alpha value is -5.07. The number of carbonyl (C=O) groups excluding carboxylic acids is 6.